The Bertz CT molecular complexity index is 526. The van der Waals surface area contributed by atoms with E-state index in [1.54, 1.807) is 0 Å². The molecule has 82 valence electrons. The number of anilines is 1. The third-order valence-electron chi connectivity index (χ3n) is 2.92. The third-order valence-corrected chi connectivity index (χ3v) is 2.92. The second kappa shape index (κ2) is 3.33. The predicted octanol–water partition coefficient (Wildman–Crippen LogP) is 2.17. The lowest BCUT2D eigenvalue weighted by molar-refractivity contribution is 0.717. The summed E-state index contributed by atoms with van der Waals surface area (Å²) >= 11 is 0. The molecule has 1 aliphatic rings. The quantitative estimate of drug-likeness (QED) is 0.779. The van der Waals surface area contributed by atoms with Gasteiger partial charge in [-0.25, -0.2) is 0 Å². The van der Waals surface area contributed by atoms with Gasteiger partial charge in [-0.3, -0.25) is 0 Å². The smallest absolute Gasteiger partial charge is 0.164 e. The molecule has 0 bridgehead atoms. The number of hydrogen-bond acceptors (Lipinski definition) is 3. The van der Waals surface area contributed by atoms with Crippen LogP contribution in [0.15, 0.2) is 24.3 Å². The Balaban J connectivity index is 2.12. The predicted molar refractivity (Wildman–Crippen MR) is 62.9 cm³/mol. The van der Waals surface area contributed by atoms with Gasteiger partial charge in [0.25, 0.3) is 0 Å². The van der Waals surface area contributed by atoms with Crippen LogP contribution in [0.2, 0.25) is 0 Å². The van der Waals surface area contributed by atoms with Gasteiger partial charge in [0.15, 0.2) is 5.82 Å². The van der Waals surface area contributed by atoms with Crippen molar-refractivity contribution < 1.29 is 0 Å². The number of aromatic nitrogens is 3. The van der Waals surface area contributed by atoms with Crippen LogP contribution in [0.3, 0.4) is 0 Å². The monoisotopic (exact) mass is 214 g/mol. The van der Waals surface area contributed by atoms with Crippen molar-refractivity contribution in [3.05, 3.63) is 30.1 Å². The van der Waals surface area contributed by atoms with Crippen LogP contribution in [0, 0.1) is 6.92 Å². The summed E-state index contributed by atoms with van der Waals surface area (Å²) in [6, 6.07) is 8.40. The molecule has 0 saturated heterocycles. The summed E-state index contributed by atoms with van der Waals surface area (Å²) in [6.45, 7) is 2.00. The van der Waals surface area contributed by atoms with Gasteiger partial charge in [0, 0.05) is 17.3 Å². The highest BCUT2D eigenvalue weighted by atomic mass is 15.3. The van der Waals surface area contributed by atoms with E-state index >= 15 is 0 Å². The molecule has 16 heavy (non-hydrogen) atoms. The topological polar surface area (TPSA) is 56.7 Å². The second-order valence-electron chi connectivity index (χ2n) is 4.30. The number of nitrogens with two attached hydrogens (primary N) is 1. The van der Waals surface area contributed by atoms with E-state index in [0.717, 1.165) is 22.9 Å². The SMILES string of the molecule is Cc1nnc(-c2cccc(N)c2)n1C1CC1. The maximum absolute atomic E-state index is 5.79. The average Bonchev–Trinajstić information content (AvgIpc) is 3.02. The minimum absolute atomic E-state index is 0.589. The van der Waals surface area contributed by atoms with Crippen LogP contribution in [0.4, 0.5) is 5.69 Å². The van der Waals surface area contributed by atoms with E-state index in [0.29, 0.717) is 6.04 Å². The van der Waals surface area contributed by atoms with Crippen LogP contribution in [0.25, 0.3) is 11.4 Å². The Hall–Kier alpha value is -1.84. The van der Waals surface area contributed by atoms with Crippen LogP contribution >= 0.6 is 0 Å². The van der Waals surface area contributed by atoms with Crippen LogP contribution in [0.1, 0.15) is 24.7 Å². The molecule has 4 heteroatoms. The molecule has 0 unspecified atom stereocenters. The Kier molecular flexibility index (Phi) is 1.96. The number of hydrogen-bond donors (Lipinski definition) is 1. The largest absolute Gasteiger partial charge is 0.399 e. The van der Waals surface area contributed by atoms with Gasteiger partial charge in [-0.15, -0.1) is 10.2 Å². The van der Waals surface area contributed by atoms with Crippen molar-refractivity contribution in [2.24, 2.45) is 0 Å². The van der Waals surface area contributed by atoms with E-state index in [9.17, 15) is 0 Å². The van der Waals surface area contributed by atoms with Gasteiger partial charge in [0.1, 0.15) is 5.82 Å². The van der Waals surface area contributed by atoms with E-state index in [-0.39, 0.29) is 0 Å². The molecule has 0 spiro atoms. The van der Waals surface area contributed by atoms with E-state index in [4.69, 9.17) is 5.73 Å². The second-order valence-corrected chi connectivity index (χ2v) is 4.30. The zero-order chi connectivity index (χ0) is 11.1. The van der Waals surface area contributed by atoms with Crippen molar-refractivity contribution in [3.63, 3.8) is 0 Å². The van der Waals surface area contributed by atoms with Gasteiger partial charge in [-0.2, -0.15) is 0 Å². The third kappa shape index (κ3) is 1.46. The van der Waals surface area contributed by atoms with Crippen molar-refractivity contribution in [2.45, 2.75) is 25.8 Å². The fraction of sp³-hybridized carbons (Fsp3) is 0.333. The minimum Gasteiger partial charge on any atom is -0.399 e. The Morgan fingerprint density at radius 3 is 2.81 bits per heavy atom. The molecular weight excluding hydrogens is 200 g/mol. The lowest BCUT2D eigenvalue weighted by Gasteiger charge is -2.07. The molecule has 1 saturated carbocycles. The number of benzene rings is 1. The minimum atomic E-state index is 0.589. The highest BCUT2D eigenvalue weighted by Gasteiger charge is 2.28. The maximum Gasteiger partial charge on any atom is 0.164 e. The molecular formula is C12H14N4. The number of aryl methyl sites for hydroxylation is 1. The van der Waals surface area contributed by atoms with Crippen LogP contribution < -0.4 is 5.73 Å². The molecule has 0 amide bonds. The van der Waals surface area contributed by atoms with Gasteiger partial charge < -0.3 is 10.3 Å². The first kappa shape index (κ1) is 9.39. The summed E-state index contributed by atoms with van der Waals surface area (Å²) in [4.78, 5) is 0. The van der Waals surface area contributed by atoms with Gasteiger partial charge in [-0.1, -0.05) is 12.1 Å². The summed E-state index contributed by atoms with van der Waals surface area (Å²) < 4.78 is 2.22. The molecule has 4 nitrogen and oxygen atoms in total. The van der Waals surface area contributed by atoms with Crippen molar-refractivity contribution in [3.8, 4) is 11.4 Å². The Labute approximate surface area is 94.1 Å². The summed E-state index contributed by atoms with van der Waals surface area (Å²) in [5.74, 6) is 1.92. The van der Waals surface area contributed by atoms with E-state index in [1.807, 2.05) is 31.2 Å². The maximum atomic E-state index is 5.79. The van der Waals surface area contributed by atoms with Crippen molar-refractivity contribution in [1.82, 2.24) is 14.8 Å². The lowest BCUT2D eigenvalue weighted by Crippen LogP contribution is -2.00. The summed E-state index contributed by atoms with van der Waals surface area (Å²) in [7, 11) is 0. The van der Waals surface area contributed by atoms with Gasteiger partial charge in [0.05, 0.1) is 0 Å². The van der Waals surface area contributed by atoms with Crippen LogP contribution in [-0.4, -0.2) is 14.8 Å². The highest BCUT2D eigenvalue weighted by molar-refractivity contribution is 5.61. The van der Waals surface area contributed by atoms with Crippen LogP contribution in [-0.2, 0) is 0 Å². The molecule has 0 atom stereocenters. The number of rotatable bonds is 2. The number of nitrogen functional groups attached to an aromatic ring is 1. The lowest BCUT2D eigenvalue weighted by atomic mass is 10.2. The van der Waals surface area contributed by atoms with Gasteiger partial charge in [0.2, 0.25) is 0 Å². The van der Waals surface area contributed by atoms with Gasteiger partial charge >= 0.3 is 0 Å². The Morgan fingerprint density at radius 1 is 1.31 bits per heavy atom. The molecule has 2 N–H and O–H groups in total. The first-order chi connectivity index (χ1) is 7.75. The fourth-order valence-corrected chi connectivity index (χ4v) is 2.01. The molecule has 0 radical (unpaired) electrons. The highest BCUT2D eigenvalue weighted by Crippen LogP contribution is 2.38. The average molecular weight is 214 g/mol. The van der Waals surface area contributed by atoms with Gasteiger partial charge in [-0.05, 0) is 31.9 Å². The normalized spacial score (nSPS) is 15.3. The van der Waals surface area contributed by atoms with E-state index < -0.39 is 0 Å². The molecule has 1 aromatic heterocycles. The first-order valence-corrected chi connectivity index (χ1v) is 5.53. The molecule has 3 rings (SSSR count). The standard InChI is InChI=1S/C12H14N4/c1-8-14-15-12(16(8)11-5-6-11)9-3-2-4-10(13)7-9/h2-4,7,11H,5-6,13H2,1H3. The molecule has 0 aliphatic heterocycles. The van der Waals surface area contributed by atoms with E-state index in [1.165, 1.54) is 12.8 Å². The first-order valence-electron chi connectivity index (χ1n) is 5.53. The molecule has 1 aromatic carbocycles. The van der Waals surface area contributed by atoms with Crippen molar-refractivity contribution >= 4 is 5.69 Å². The van der Waals surface area contributed by atoms with Crippen molar-refractivity contribution in [2.75, 3.05) is 5.73 Å². The van der Waals surface area contributed by atoms with Crippen molar-refractivity contribution in [1.29, 1.82) is 0 Å². The fourth-order valence-electron chi connectivity index (χ4n) is 2.01. The molecule has 2 aromatic rings. The molecule has 1 aliphatic carbocycles. The zero-order valence-electron chi connectivity index (χ0n) is 9.22. The Morgan fingerprint density at radius 2 is 2.12 bits per heavy atom. The summed E-state index contributed by atoms with van der Waals surface area (Å²) in [5, 5.41) is 8.40. The molecule has 1 fully saturated rings. The van der Waals surface area contributed by atoms with Crippen LogP contribution in [0.5, 0.6) is 0 Å². The summed E-state index contributed by atoms with van der Waals surface area (Å²) in [5.41, 5.74) is 7.60. The zero-order valence-corrected chi connectivity index (χ0v) is 9.22. The number of nitrogens with zero attached hydrogens (tertiary/aromatic N) is 3. The molecule has 1 heterocycles. The summed E-state index contributed by atoms with van der Waals surface area (Å²) in [6.07, 6.45) is 2.46. The van der Waals surface area contributed by atoms with E-state index in [2.05, 4.69) is 14.8 Å².